The van der Waals surface area contributed by atoms with E-state index in [0.717, 1.165) is 0 Å². The summed E-state index contributed by atoms with van der Waals surface area (Å²) in [6.45, 7) is 4.79. The quantitative estimate of drug-likeness (QED) is 0.836. The third-order valence-electron chi connectivity index (χ3n) is 3.46. The van der Waals surface area contributed by atoms with E-state index in [-0.39, 0.29) is 23.4 Å². The summed E-state index contributed by atoms with van der Waals surface area (Å²) >= 11 is 0. The number of carbonyl (C=O) groups is 3. The van der Waals surface area contributed by atoms with E-state index in [9.17, 15) is 14.4 Å². The van der Waals surface area contributed by atoms with Gasteiger partial charge in [-0.3, -0.25) is 9.59 Å². The molecule has 4 nitrogen and oxygen atoms in total. The lowest BCUT2D eigenvalue weighted by molar-refractivity contribution is -0.119. The SMILES string of the molecule is CC(=O)CC(C)C1C(=O)c2ccccc2N1C(C)=O. The van der Waals surface area contributed by atoms with Gasteiger partial charge in [0.2, 0.25) is 5.91 Å². The van der Waals surface area contributed by atoms with Gasteiger partial charge in [0, 0.05) is 18.9 Å². The highest BCUT2D eigenvalue weighted by atomic mass is 16.2. The fourth-order valence-electron chi connectivity index (χ4n) is 2.76. The zero-order valence-electron chi connectivity index (χ0n) is 11.3. The van der Waals surface area contributed by atoms with Crippen LogP contribution >= 0.6 is 0 Å². The van der Waals surface area contributed by atoms with Crippen molar-refractivity contribution in [2.24, 2.45) is 5.92 Å². The standard InChI is InChI=1S/C15H17NO3/c1-9(8-10(2)17)14-15(19)12-6-4-5-7-13(12)16(14)11(3)18/h4-7,9,14H,8H2,1-3H3. The molecule has 0 aliphatic carbocycles. The van der Waals surface area contributed by atoms with E-state index >= 15 is 0 Å². The molecule has 2 unspecified atom stereocenters. The van der Waals surface area contributed by atoms with Gasteiger partial charge < -0.3 is 9.69 Å². The Morgan fingerprint density at radius 1 is 1.26 bits per heavy atom. The summed E-state index contributed by atoms with van der Waals surface area (Å²) in [5.74, 6) is -0.390. The molecule has 4 heteroatoms. The molecule has 0 N–H and O–H groups in total. The zero-order valence-corrected chi connectivity index (χ0v) is 11.3. The van der Waals surface area contributed by atoms with E-state index < -0.39 is 6.04 Å². The van der Waals surface area contributed by atoms with E-state index in [4.69, 9.17) is 0 Å². The van der Waals surface area contributed by atoms with Crippen molar-refractivity contribution in [3.63, 3.8) is 0 Å². The molecule has 0 bridgehead atoms. The van der Waals surface area contributed by atoms with Gasteiger partial charge in [-0.25, -0.2) is 0 Å². The lowest BCUT2D eigenvalue weighted by Crippen LogP contribution is -2.43. The molecule has 0 aromatic heterocycles. The fraction of sp³-hybridized carbons (Fsp3) is 0.400. The number of carbonyl (C=O) groups excluding carboxylic acids is 3. The number of hydrogen-bond donors (Lipinski definition) is 0. The molecule has 0 saturated heterocycles. The number of rotatable bonds is 3. The topological polar surface area (TPSA) is 54.5 Å². The number of benzene rings is 1. The van der Waals surface area contributed by atoms with E-state index in [0.29, 0.717) is 17.7 Å². The Labute approximate surface area is 112 Å². The third kappa shape index (κ3) is 2.30. The fourth-order valence-corrected chi connectivity index (χ4v) is 2.76. The maximum atomic E-state index is 12.4. The summed E-state index contributed by atoms with van der Waals surface area (Å²) in [5, 5.41) is 0. The van der Waals surface area contributed by atoms with Crippen LogP contribution in [-0.4, -0.2) is 23.5 Å². The van der Waals surface area contributed by atoms with Gasteiger partial charge in [0.15, 0.2) is 5.78 Å². The van der Waals surface area contributed by atoms with E-state index in [1.54, 1.807) is 24.3 Å². The van der Waals surface area contributed by atoms with Gasteiger partial charge >= 0.3 is 0 Å². The molecule has 1 aromatic rings. The molecule has 0 spiro atoms. The van der Waals surface area contributed by atoms with Crippen molar-refractivity contribution in [2.45, 2.75) is 33.2 Å². The van der Waals surface area contributed by atoms with Crippen LogP contribution in [0.3, 0.4) is 0 Å². The zero-order chi connectivity index (χ0) is 14.2. The van der Waals surface area contributed by atoms with Crippen molar-refractivity contribution in [2.75, 3.05) is 4.90 Å². The van der Waals surface area contributed by atoms with Gasteiger partial charge in [-0.15, -0.1) is 0 Å². The number of Topliss-reactive ketones (excluding diaryl/α,β-unsaturated/α-hetero) is 2. The molecule has 2 rings (SSSR count). The molecule has 1 aromatic carbocycles. The predicted octanol–water partition coefficient (Wildman–Crippen LogP) is 2.22. The lowest BCUT2D eigenvalue weighted by Gasteiger charge is -2.27. The van der Waals surface area contributed by atoms with Gasteiger partial charge in [0.25, 0.3) is 0 Å². The summed E-state index contributed by atoms with van der Waals surface area (Å²) in [7, 11) is 0. The molecule has 0 saturated carbocycles. The highest BCUT2D eigenvalue weighted by Gasteiger charge is 2.42. The molecule has 1 amide bonds. The molecule has 100 valence electrons. The number of hydrogen-bond acceptors (Lipinski definition) is 3. The van der Waals surface area contributed by atoms with Crippen molar-refractivity contribution >= 4 is 23.2 Å². The van der Waals surface area contributed by atoms with Crippen LogP contribution in [0.2, 0.25) is 0 Å². The second kappa shape index (κ2) is 4.96. The Bertz CT molecular complexity index is 550. The minimum Gasteiger partial charge on any atom is -0.301 e. The Hall–Kier alpha value is -1.97. The Kier molecular flexibility index (Phi) is 3.51. The smallest absolute Gasteiger partial charge is 0.224 e. The maximum Gasteiger partial charge on any atom is 0.224 e. The molecule has 1 aliphatic rings. The van der Waals surface area contributed by atoms with Crippen LogP contribution in [-0.2, 0) is 9.59 Å². The lowest BCUT2D eigenvalue weighted by atomic mass is 9.92. The first-order valence-electron chi connectivity index (χ1n) is 6.36. The van der Waals surface area contributed by atoms with E-state index in [1.165, 1.54) is 18.7 Å². The number of ketones is 2. The minimum atomic E-state index is -0.557. The molecule has 1 heterocycles. The number of nitrogens with zero attached hydrogens (tertiary/aromatic N) is 1. The van der Waals surface area contributed by atoms with Gasteiger partial charge in [0.05, 0.1) is 5.69 Å². The Balaban J connectivity index is 2.43. The largest absolute Gasteiger partial charge is 0.301 e. The molecule has 19 heavy (non-hydrogen) atoms. The highest BCUT2D eigenvalue weighted by molar-refractivity contribution is 6.17. The molecule has 1 aliphatic heterocycles. The summed E-state index contributed by atoms with van der Waals surface area (Å²) in [6.07, 6.45) is 0.300. The second-order valence-corrected chi connectivity index (χ2v) is 5.10. The average molecular weight is 259 g/mol. The average Bonchev–Trinajstić information content (AvgIpc) is 2.62. The molecule has 0 fully saturated rings. The van der Waals surface area contributed by atoms with Crippen LogP contribution < -0.4 is 4.90 Å². The van der Waals surface area contributed by atoms with Crippen molar-refractivity contribution in [1.29, 1.82) is 0 Å². The second-order valence-electron chi connectivity index (χ2n) is 5.10. The minimum absolute atomic E-state index is 0.0276. The Morgan fingerprint density at radius 3 is 2.47 bits per heavy atom. The van der Waals surface area contributed by atoms with Crippen LogP contribution in [0.1, 0.15) is 37.6 Å². The predicted molar refractivity (Wildman–Crippen MR) is 72.2 cm³/mol. The van der Waals surface area contributed by atoms with Crippen LogP contribution in [0, 0.1) is 5.92 Å². The number of para-hydroxylation sites is 1. The molecular weight excluding hydrogens is 242 g/mol. The van der Waals surface area contributed by atoms with Crippen LogP contribution in [0.25, 0.3) is 0 Å². The summed E-state index contributed by atoms with van der Waals surface area (Å²) in [6, 6.07) is 6.54. The highest BCUT2D eigenvalue weighted by Crippen LogP contribution is 2.36. The summed E-state index contributed by atoms with van der Waals surface area (Å²) in [5.41, 5.74) is 1.22. The van der Waals surface area contributed by atoms with Crippen molar-refractivity contribution in [1.82, 2.24) is 0 Å². The van der Waals surface area contributed by atoms with Crippen LogP contribution in [0.5, 0.6) is 0 Å². The van der Waals surface area contributed by atoms with Gasteiger partial charge in [-0.05, 0) is 25.0 Å². The monoisotopic (exact) mass is 259 g/mol. The first-order chi connectivity index (χ1) is 8.93. The first kappa shape index (κ1) is 13.5. The normalized spacial score (nSPS) is 19.2. The van der Waals surface area contributed by atoms with Gasteiger partial charge in [-0.1, -0.05) is 19.1 Å². The number of anilines is 1. The van der Waals surface area contributed by atoms with Crippen molar-refractivity contribution < 1.29 is 14.4 Å². The van der Waals surface area contributed by atoms with Crippen LogP contribution in [0.4, 0.5) is 5.69 Å². The van der Waals surface area contributed by atoms with E-state index in [1.807, 2.05) is 6.92 Å². The summed E-state index contributed by atoms with van der Waals surface area (Å²) < 4.78 is 0. The summed E-state index contributed by atoms with van der Waals surface area (Å²) in [4.78, 5) is 37.0. The van der Waals surface area contributed by atoms with E-state index in [2.05, 4.69) is 0 Å². The number of fused-ring (bicyclic) bond motifs is 1. The number of amides is 1. The Morgan fingerprint density at radius 2 is 1.89 bits per heavy atom. The molecule has 0 radical (unpaired) electrons. The first-order valence-corrected chi connectivity index (χ1v) is 6.36. The van der Waals surface area contributed by atoms with Crippen molar-refractivity contribution in [3.8, 4) is 0 Å². The third-order valence-corrected chi connectivity index (χ3v) is 3.46. The van der Waals surface area contributed by atoms with Crippen molar-refractivity contribution in [3.05, 3.63) is 29.8 Å². The maximum absolute atomic E-state index is 12.4. The van der Waals surface area contributed by atoms with Gasteiger partial charge in [-0.2, -0.15) is 0 Å². The molecule has 2 atom stereocenters. The van der Waals surface area contributed by atoms with Gasteiger partial charge in [0.1, 0.15) is 11.8 Å². The molecular formula is C15H17NO3. The van der Waals surface area contributed by atoms with Crippen LogP contribution in [0.15, 0.2) is 24.3 Å².